The Balaban J connectivity index is 2.54. The fourth-order valence-electron chi connectivity index (χ4n) is 3.64. The summed E-state index contributed by atoms with van der Waals surface area (Å²) >= 11 is 0. The zero-order valence-electron chi connectivity index (χ0n) is 15.6. The van der Waals surface area contributed by atoms with Crippen LogP contribution in [0.4, 0.5) is 0 Å². The molecule has 0 aromatic rings. The third-order valence-electron chi connectivity index (χ3n) is 5.18. The molecule has 1 fully saturated rings. The lowest BCUT2D eigenvalue weighted by Crippen LogP contribution is -2.35. The smallest absolute Gasteiger partial charge is 0.310 e. The van der Waals surface area contributed by atoms with Crippen molar-refractivity contribution in [3.8, 4) is 0 Å². The lowest BCUT2D eigenvalue weighted by atomic mass is 9.79. The van der Waals surface area contributed by atoms with Crippen LogP contribution in [-0.2, 0) is 14.3 Å². The number of carbonyl (C=O) groups excluding carboxylic acids is 1. The molecular weight excluding hydrogens is 304 g/mol. The summed E-state index contributed by atoms with van der Waals surface area (Å²) in [6.45, 7) is 4.36. The third-order valence-corrected chi connectivity index (χ3v) is 5.18. The zero-order valence-corrected chi connectivity index (χ0v) is 15.6. The summed E-state index contributed by atoms with van der Waals surface area (Å²) in [5, 5.41) is 9.36. The van der Waals surface area contributed by atoms with E-state index in [9.17, 15) is 14.7 Å². The molecule has 4 nitrogen and oxygen atoms in total. The number of carbonyl (C=O) groups is 2. The number of aliphatic carboxylic acids is 1. The van der Waals surface area contributed by atoms with Crippen LogP contribution < -0.4 is 0 Å². The molecule has 0 amide bonds. The monoisotopic (exact) mass is 340 g/mol. The number of hydrogen-bond donors (Lipinski definition) is 1. The molecule has 1 rings (SSSR count). The Morgan fingerprint density at radius 2 is 1.46 bits per heavy atom. The van der Waals surface area contributed by atoms with Crippen LogP contribution in [0.15, 0.2) is 0 Å². The van der Waals surface area contributed by atoms with Crippen LogP contribution in [0.3, 0.4) is 0 Å². The van der Waals surface area contributed by atoms with Crippen molar-refractivity contribution in [2.24, 2.45) is 11.8 Å². The summed E-state index contributed by atoms with van der Waals surface area (Å²) in [6.07, 6.45) is 13.0. The van der Waals surface area contributed by atoms with Gasteiger partial charge in [-0.25, -0.2) is 0 Å². The molecule has 0 aromatic heterocycles. The van der Waals surface area contributed by atoms with E-state index < -0.39 is 17.8 Å². The third kappa shape index (κ3) is 7.67. The molecule has 0 radical (unpaired) electrons. The first-order valence-corrected chi connectivity index (χ1v) is 10.0. The first-order chi connectivity index (χ1) is 11.6. The quantitative estimate of drug-likeness (QED) is 0.385. The summed E-state index contributed by atoms with van der Waals surface area (Å²) in [5.41, 5.74) is 0. The first kappa shape index (κ1) is 21.0. The van der Waals surface area contributed by atoms with Gasteiger partial charge in [-0.15, -0.1) is 0 Å². The largest absolute Gasteiger partial charge is 0.481 e. The zero-order chi connectivity index (χ0) is 17.8. The second-order valence-corrected chi connectivity index (χ2v) is 7.24. The molecule has 4 heteroatoms. The molecule has 0 bridgehead atoms. The molecule has 3 atom stereocenters. The lowest BCUT2D eigenvalue weighted by molar-refractivity contribution is -0.164. The van der Waals surface area contributed by atoms with Gasteiger partial charge in [0.1, 0.15) is 6.10 Å². The standard InChI is InChI=1S/C20H36O4/c1-3-5-7-9-13-16(12-8-6-4-2)24-20(23)18-15-11-10-14-17(18)19(21)22/h16-18H,3-15H2,1-2H3,(H,21,22). The minimum Gasteiger partial charge on any atom is -0.481 e. The van der Waals surface area contributed by atoms with Crippen LogP contribution in [0.5, 0.6) is 0 Å². The highest BCUT2D eigenvalue weighted by Crippen LogP contribution is 2.32. The van der Waals surface area contributed by atoms with E-state index in [2.05, 4.69) is 13.8 Å². The van der Waals surface area contributed by atoms with Crippen molar-refractivity contribution in [3.05, 3.63) is 0 Å². The topological polar surface area (TPSA) is 63.6 Å². The molecule has 24 heavy (non-hydrogen) atoms. The lowest BCUT2D eigenvalue weighted by Gasteiger charge is -2.28. The Labute approximate surface area is 147 Å². The maximum atomic E-state index is 12.6. The van der Waals surface area contributed by atoms with Gasteiger partial charge in [0.05, 0.1) is 11.8 Å². The number of esters is 1. The van der Waals surface area contributed by atoms with Crippen molar-refractivity contribution in [2.75, 3.05) is 0 Å². The van der Waals surface area contributed by atoms with Gasteiger partial charge in [0.25, 0.3) is 0 Å². The average molecular weight is 341 g/mol. The van der Waals surface area contributed by atoms with Crippen LogP contribution >= 0.6 is 0 Å². The summed E-state index contributed by atoms with van der Waals surface area (Å²) in [4.78, 5) is 24.0. The van der Waals surface area contributed by atoms with Gasteiger partial charge in [0, 0.05) is 0 Å². The molecule has 3 unspecified atom stereocenters. The highest BCUT2D eigenvalue weighted by Gasteiger charge is 2.37. The molecule has 1 aliphatic carbocycles. The maximum absolute atomic E-state index is 12.6. The number of carboxylic acids is 1. The average Bonchev–Trinajstić information content (AvgIpc) is 2.58. The molecule has 1 N–H and O–H groups in total. The number of rotatable bonds is 12. The van der Waals surface area contributed by atoms with E-state index in [0.29, 0.717) is 12.8 Å². The molecule has 0 heterocycles. The van der Waals surface area contributed by atoms with E-state index in [1.807, 2.05) is 0 Å². The van der Waals surface area contributed by atoms with Crippen molar-refractivity contribution >= 4 is 11.9 Å². The Morgan fingerprint density at radius 1 is 0.917 bits per heavy atom. The van der Waals surface area contributed by atoms with Crippen molar-refractivity contribution in [3.63, 3.8) is 0 Å². The Morgan fingerprint density at radius 3 is 2.04 bits per heavy atom. The number of unbranched alkanes of at least 4 members (excludes halogenated alkanes) is 5. The Kier molecular flexibility index (Phi) is 10.8. The van der Waals surface area contributed by atoms with Crippen LogP contribution in [0.25, 0.3) is 0 Å². The van der Waals surface area contributed by atoms with Crippen LogP contribution in [0, 0.1) is 11.8 Å². The fourth-order valence-corrected chi connectivity index (χ4v) is 3.64. The van der Waals surface area contributed by atoms with Gasteiger partial charge >= 0.3 is 11.9 Å². The molecule has 140 valence electrons. The van der Waals surface area contributed by atoms with Crippen molar-refractivity contribution < 1.29 is 19.4 Å². The summed E-state index contributed by atoms with van der Waals surface area (Å²) in [5.74, 6) is -2.11. The second-order valence-electron chi connectivity index (χ2n) is 7.24. The van der Waals surface area contributed by atoms with Gasteiger partial charge in [-0.05, 0) is 38.5 Å². The molecule has 0 saturated heterocycles. The normalized spacial score (nSPS) is 22.1. The van der Waals surface area contributed by atoms with Crippen molar-refractivity contribution in [1.82, 2.24) is 0 Å². The summed E-state index contributed by atoms with van der Waals surface area (Å²) < 4.78 is 5.79. The van der Waals surface area contributed by atoms with E-state index in [4.69, 9.17) is 4.74 Å². The predicted molar refractivity (Wildman–Crippen MR) is 95.9 cm³/mol. The van der Waals surface area contributed by atoms with Gasteiger partial charge in [-0.1, -0.05) is 58.8 Å². The Hall–Kier alpha value is -1.06. The van der Waals surface area contributed by atoms with Gasteiger partial charge in [-0.3, -0.25) is 9.59 Å². The Bertz CT molecular complexity index is 367. The first-order valence-electron chi connectivity index (χ1n) is 10.0. The van der Waals surface area contributed by atoms with Crippen molar-refractivity contribution in [2.45, 2.75) is 103 Å². The van der Waals surface area contributed by atoms with Gasteiger partial charge in [-0.2, -0.15) is 0 Å². The van der Waals surface area contributed by atoms with Gasteiger partial charge in [0.15, 0.2) is 0 Å². The highest BCUT2D eigenvalue weighted by molar-refractivity contribution is 5.81. The van der Waals surface area contributed by atoms with Gasteiger partial charge < -0.3 is 9.84 Å². The minimum atomic E-state index is -0.845. The number of ether oxygens (including phenoxy) is 1. The summed E-state index contributed by atoms with van der Waals surface area (Å²) in [7, 11) is 0. The SMILES string of the molecule is CCCCCCC(CCCCC)OC(=O)C1CCCCC1C(=O)O. The van der Waals surface area contributed by atoms with E-state index in [0.717, 1.165) is 51.4 Å². The molecule has 1 saturated carbocycles. The maximum Gasteiger partial charge on any atom is 0.310 e. The molecular formula is C20H36O4. The van der Waals surface area contributed by atoms with Crippen LogP contribution in [0.1, 0.15) is 97.3 Å². The fraction of sp³-hybridized carbons (Fsp3) is 0.900. The van der Waals surface area contributed by atoms with E-state index >= 15 is 0 Å². The molecule has 0 aromatic carbocycles. The van der Waals surface area contributed by atoms with Gasteiger partial charge in [0.2, 0.25) is 0 Å². The molecule has 0 spiro atoms. The van der Waals surface area contributed by atoms with E-state index in [1.165, 1.54) is 19.3 Å². The van der Waals surface area contributed by atoms with E-state index in [1.54, 1.807) is 0 Å². The van der Waals surface area contributed by atoms with Crippen LogP contribution in [0.2, 0.25) is 0 Å². The van der Waals surface area contributed by atoms with Crippen molar-refractivity contribution in [1.29, 1.82) is 0 Å². The number of hydrogen-bond acceptors (Lipinski definition) is 3. The van der Waals surface area contributed by atoms with Crippen LogP contribution in [-0.4, -0.2) is 23.1 Å². The number of carboxylic acid groups (broad SMARTS) is 1. The molecule has 0 aliphatic heterocycles. The second kappa shape index (κ2) is 12.3. The highest BCUT2D eigenvalue weighted by atomic mass is 16.5. The van der Waals surface area contributed by atoms with E-state index in [-0.39, 0.29) is 12.1 Å². The minimum absolute atomic E-state index is 0.0303. The summed E-state index contributed by atoms with van der Waals surface area (Å²) in [6, 6.07) is 0. The molecule has 1 aliphatic rings. The predicted octanol–water partition coefficient (Wildman–Crippen LogP) is 5.34.